The van der Waals surface area contributed by atoms with E-state index in [0.29, 0.717) is 5.75 Å². The fourth-order valence-electron chi connectivity index (χ4n) is 7.27. The van der Waals surface area contributed by atoms with Crippen LogP contribution >= 0.6 is 7.60 Å². The van der Waals surface area contributed by atoms with Crippen LogP contribution in [0.4, 0.5) is 0 Å². The first-order valence-corrected chi connectivity index (χ1v) is 30.6. The lowest BCUT2D eigenvalue weighted by Crippen LogP contribution is -2.24. The molecule has 35 heteroatoms. The summed E-state index contributed by atoms with van der Waals surface area (Å²) in [5.74, 6) is -14.5. The van der Waals surface area contributed by atoms with E-state index in [1.54, 1.807) is 43.3 Å². The molecule has 0 saturated carbocycles. The molecule has 2 atom stereocenters. The summed E-state index contributed by atoms with van der Waals surface area (Å²) in [7, 11) is -3.50. The lowest BCUT2D eigenvalue weighted by molar-refractivity contribution is -0.152. The number of nitrogens with two attached hydrogens (primary N) is 1. The van der Waals surface area contributed by atoms with Crippen LogP contribution in [0.1, 0.15) is 165 Å². The minimum atomic E-state index is -3.50. The van der Waals surface area contributed by atoms with Crippen LogP contribution in [0.2, 0.25) is 0 Å². The van der Waals surface area contributed by atoms with Crippen LogP contribution in [-0.2, 0) is 66.5 Å². The number of para-hydroxylation sites is 3. The fourth-order valence-corrected chi connectivity index (χ4v) is 8.84. The number of esters is 7. The molecule has 0 radical (unpaired) electrons. The Morgan fingerprint density at radius 2 is 0.880 bits per heavy atom. The van der Waals surface area contributed by atoms with Crippen molar-refractivity contribution in [1.29, 1.82) is 0 Å². The van der Waals surface area contributed by atoms with Crippen molar-refractivity contribution in [3.63, 3.8) is 0 Å². The van der Waals surface area contributed by atoms with Crippen molar-refractivity contribution >= 4 is 109 Å². The number of carboxylic acid groups (broad SMARTS) is 7. The van der Waals surface area contributed by atoms with Crippen molar-refractivity contribution in [1.82, 2.24) is 0 Å². The highest BCUT2D eigenvalue weighted by Gasteiger charge is 2.32. The number of aliphatic carboxylic acids is 3. The number of ether oxygens (including phenoxy) is 6. The monoisotopic (exact) mass is 1420 g/mol. The predicted molar refractivity (Wildman–Crippen MR) is 339 cm³/mol. The number of Topliss-reactive ketones (excluding diaryl/α,β-unsaturated/α-hetero) is 3. The molecule has 1 saturated heterocycles. The summed E-state index contributed by atoms with van der Waals surface area (Å²) in [5, 5.41) is 61.2. The van der Waals surface area contributed by atoms with Crippen LogP contribution in [-0.4, -0.2) is 162 Å². The minimum Gasteiger partial charge on any atom is -0.481 e. The molecule has 0 spiro atoms. The molecule has 6 rings (SSSR count). The lowest BCUT2D eigenvalue weighted by Gasteiger charge is -2.21. The maximum Gasteiger partial charge on any atom is 0.381 e. The van der Waals surface area contributed by atoms with Crippen LogP contribution in [0.5, 0.6) is 28.7 Å². The zero-order valence-electron chi connectivity index (χ0n) is 54.0. The second kappa shape index (κ2) is 43.8. The van der Waals surface area contributed by atoms with Gasteiger partial charge in [-0.2, -0.15) is 0 Å². The lowest BCUT2D eigenvalue weighted by atomic mass is 10.0. The van der Waals surface area contributed by atoms with Gasteiger partial charge in [0.1, 0.15) is 45.3 Å². The smallest absolute Gasteiger partial charge is 0.381 e. The third kappa shape index (κ3) is 33.5. The van der Waals surface area contributed by atoms with Gasteiger partial charge >= 0.3 is 91.2 Å². The van der Waals surface area contributed by atoms with Gasteiger partial charge in [-0.15, -0.1) is 0 Å². The largest absolute Gasteiger partial charge is 0.481 e. The van der Waals surface area contributed by atoms with Crippen LogP contribution in [0.25, 0.3) is 0 Å². The molecule has 1 aliphatic rings. The maximum absolute atomic E-state index is 12.6. The summed E-state index contributed by atoms with van der Waals surface area (Å²) in [5.41, 5.74) is 4.52. The number of carbonyl (C=O) groups is 17. The first-order valence-electron chi connectivity index (χ1n) is 28.9. The molecule has 100 heavy (non-hydrogen) atoms. The molecule has 1 fully saturated rings. The molecule has 34 nitrogen and oxygen atoms in total. The average Bonchev–Trinajstić information content (AvgIpc) is 0.879. The number of aromatic carboxylic acids is 4. The van der Waals surface area contributed by atoms with Gasteiger partial charge < -0.3 is 74.4 Å². The van der Waals surface area contributed by atoms with Gasteiger partial charge in [-0.05, 0) is 80.6 Å². The predicted octanol–water partition coefficient (Wildman–Crippen LogP) is 7.42. The van der Waals surface area contributed by atoms with Crippen LogP contribution < -0.4 is 29.2 Å². The number of carboxylic acids is 7. The van der Waals surface area contributed by atoms with Crippen molar-refractivity contribution in [2.75, 3.05) is 19.3 Å². The molecular weight excluding hydrogens is 1350 g/mol. The number of cyclic esters (lactones) is 2. The standard InChI is InChI=1S/C13H20NO5P.3C13H12O7.C9H8O4.C4H4O3/c1-3-17-13(15)11(2)18-20(16,10-9-14)19-12-7-5-4-6-8-12;1-7(14)20-11-4-2-8(6-9(11)13(18)19)10(15)3-5-12(16)17;1-7(14)20-11-6-8(2-3-9(11)13(18)19)10(15)4-5-12(16)17;1-7(14)20-12-8(10(15)5-6-11(16)17)3-2-4-9(12)13(18)19;1-6(10)13-8-5-3-2-4-7(8)9(11)12;5-3-1-2-4(6)7-3/h4-8,11H,3,9-10,14H2,1-2H3;2,4,6H,3,5H2,1H3,(H,16,17)(H,18,19);2-3,6H,4-5H2,1H3,(H,16,17)(H,18,19);2-4H,5-6H2,1H3,(H,16,17)(H,18,19);2-5H,1H3,(H,11,12);1-2H2/t11-,20?;;;;;/m1...../s1. The Kier molecular flexibility index (Phi) is 37.6. The van der Waals surface area contributed by atoms with E-state index in [4.69, 9.17) is 69.5 Å². The molecule has 0 bridgehead atoms. The van der Waals surface area contributed by atoms with Crippen molar-refractivity contribution in [3.8, 4) is 28.7 Å². The maximum atomic E-state index is 12.6. The van der Waals surface area contributed by atoms with Gasteiger partial charge in [0.2, 0.25) is 0 Å². The molecule has 1 heterocycles. The van der Waals surface area contributed by atoms with Crippen molar-refractivity contribution in [2.24, 2.45) is 5.73 Å². The fraction of sp³-hybridized carbons (Fsp3) is 0.277. The zero-order valence-corrected chi connectivity index (χ0v) is 54.9. The van der Waals surface area contributed by atoms with E-state index in [0.717, 1.165) is 39.0 Å². The highest BCUT2D eigenvalue weighted by molar-refractivity contribution is 7.54. The Morgan fingerprint density at radius 1 is 0.470 bits per heavy atom. The van der Waals surface area contributed by atoms with Crippen molar-refractivity contribution in [3.05, 3.63) is 148 Å². The number of hydrogen-bond acceptors (Lipinski definition) is 27. The third-order valence-corrected chi connectivity index (χ3v) is 13.5. The van der Waals surface area contributed by atoms with Gasteiger partial charge in [-0.3, -0.25) is 62.1 Å². The van der Waals surface area contributed by atoms with E-state index in [-0.39, 0.29) is 126 Å². The topological polar surface area (TPSA) is 549 Å². The van der Waals surface area contributed by atoms with E-state index >= 15 is 0 Å². The molecule has 1 aliphatic heterocycles. The Morgan fingerprint density at radius 3 is 1.32 bits per heavy atom. The highest BCUT2D eigenvalue weighted by Crippen LogP contribution is 2.49. The second-order valence-corrected chi connectivity index (χ2v) is 21.6. The summed E-state index contributed by atoms with van der Waals surface area (Å²) >= 11 is 0. The molecule has 5 aromatic rings. The number of rotatable bonds is 28. The van der Waals surface area contributed by atoms with Gasteiger partial charge in [-0.25, -0.2) is 28.5 Å². The molecular formula is C65H68NO33P. The van der Waals surface area contributed by atoms with Gasteiger partial charge in [0.05, 0.1) is 50.4 Å². The summed E-state index contributed by atoms with van der Waals surface area (Å²) in [4.78, 5) is 185. The van der Waals surface area contributed by atoms with Crippen LogP contribution in [0.3, 0.4) is 0 Å². The molecule has 1 unspecified atom stereocenters. The van der Waals surface area contributed by atoms with E-state index in [1.165, 1.54) is 62.4 Å². The summed E-state index contributed by atoms with van der Waals surface area (Å²) in [6.45, 7) is 8.03. The molecule has 0 amide bonds. The first kappa shape index (κ1) is 85.9. The molecule has 0 aliphatic carbocycles. The Labute approximate surface area is 566 Å². The summed E-state index contributed by atoms with van der Waals surface area (Å²) < 4.78 is 51.0. The van der Waals surface area contributed by atoms with Crippen molar-refractivity contribution < 1.29 is 159 Å². The molecule has 5 aromatic carbocycles. The van der Waals surface area contributed by atoms with Crippen LogP contribution in [0.15, 0.2) is 109 Å². The quantitative estimate of drug-likeness (QED) is 0.00793. The molecule has 0 aromatic heterocycles. The SMILES string of the molecule is CC(=O)Oc1c(C(=O)O)cccc1C(=O)CCC(=O)O.CC(=O)Oc1cc(C(=O)CCC(=O)O)ccc1C(=O)O.CC(=O)Oc1ccc(C(=O)CCC(=O)O)cc1C(=O)O.CC(=O)Oc1ccccc1C(=O)O.CCOC(=O)[C@@H](C)OP(=O)(CCN)Oc1ccccc1.O=C1CCC(=O)O1. The zero-order chi connectivity index (χ0) is 76.0. The normalized spacial score (nSPS) is 11.6. The number of carbonyl (C=O) groups excluding carboxylic acids is 10. The van der Waals surface area contributed by atoms with Crippen molar-refractivity contribution in [2.45, 2.75) is 99.0 Å². The third-order valence-electron chi connectivity index (χ3n) is 11.5. The number of ketones is 3. The van der Waals surface area contributed by atoms with Gasteiger partial charge in [0.15, 0.2) is 29.2 Å². The molecule has 9 N–H and O–H groups in total. The van der Waals surface area contributed by atoms with Gasteiger partial charge in [0.25, 0.3) is 0 Å². The van der Waals surface area contributed by atoms with E-state index in [9.17, 15) is 86.1 Å². The first-order chi connectivity index (χ1) is 46.8. The minimum absolute atomic E-state index is 0.0160. The summed E-state index contributed by atoms with van der Waals surface area (Å²) in [6.07, 6.45) is -2.26. The Bertz CT molecular complexity index is 3870. The van der Waals surface area contributed by atoms with E-state index in [1.807, 2.05) is 6.07 Å². The van der Waals surface area contributed by atoms with Gasteiger partial charge in [-0.1, -0.05) is 42.5 Å². The van der Waals surface area contributed by atoms with E-state index < -0.39 is 121 Å². The number of benzene rings is 5. The number of hydrogen-bond donors (Lipinski definition) is 8. The summed E-state index contributed by atoms with van der Waals surface area (Å²) in [6, 6.07) is 25.4. The van der Waals surface area contributed by atoms with Gasteiger partial charge in [0, 0.05) is 64.6 Å². The van der Waals surface area contributed by atoms with E-state index in [2.05, 4.69) is 9.47 Å². The Hall–Kier alpha value is -12.2. The average molecular weight is 1420 g/mol. The molecule has 536 valence electrons. The second-order valence-electron chi connectivity index (χ2n) is 19.5. The van der Waals surface area contributed by atoms with Crippen LogP contribution in [0, 0.1) is 0 Å². The Balaban J connectivity index is 0.000000612. The highest BCUT2D eigenvalue weighted by atomic mass is 31.2.